The van der Waals surface area contributed by atoms with Gasteiger partial charge in [-0.3, -0.25) is 16.3 Å². The van der Waals surface area contributed by atoms with Crippen LogP contribution in [0.3, 0.4) is 0 Å². The van der Waals surface area contributed by atoms with Crippen LogP contribution in [0.2, 0.25) is 0 Å². The summed E-state index contributed by atoms with van der Waals surface area (Å²) in [5.41, 5.74) is 11.5. The van der Waals surface area contributed by atoms with Crippen molar-refractivity contribution in [1.29, 1.82) is 0 Å². The molecular weight excluding hydrogens is 243 g/mol. The summed E-state index contributed by atoms with van der Waals surface area (Å²) in [5.74, 6) is 5.32. The molecule has 1 aromatic carbocycles. The van der Waals surface area contributed by atoms with E-state index in [1.807, 2.05) is 6.07 Å². The van der Waals surface area contributed by atoms with E-state index in [-0.39, 0.29) is 11.9 Å². The minimum absolute atomic E-state index is 0.207. The van der Waals surface area contributed by atoms with E-state index in [9.17, 15) is 4.39 Å². The smallest absolute Gasteiger partial charge is 0.126 e. The largest absolute Gasteiger partial charge is 0.398 e. The van der Waals surface area contributed by atoms with Gasteiger partial charge in [-0.05, 0) is 42.2 Å². The summed E-state index contributed by atoms with van der Waals surface area (Å²) in [6.45, 7) is 1.73. The average molecular weight is 260 g/mol. The summed E-state index contributed by atoms with van der Waals surface area (Å²) in [5, 5.41) is 0. The lowest BCUT2D eigenvalue weighted by molar-refractivity contribution is 0.543. The third-order valence-electron chi connectivity index (χ3n) is 3.16. The summed E-state index contributed by atoms with van der Waals surface area (Å²) in [4.78, 5) is 4.04. The van der Waals surface area contributed by atoms with Crippen molar-refractivity contribution in [2.75, 3.05) is 5.73 Å². The number of aryl methyl sites for hydroxylation is 1. The maximum atomic E-state index is 13.6. The Bertz CT molecular complexity index is 571. The van der Waals surface area contributed by atoms with Crippen LogP contribution in [0.1, 0.15) is 22.7 Å². The van der Waals surface area contributed by atoms with Gasteiger partial charge >= 0.3 is 0 Å². The maximum Gasteiger partial charge on any atom is 0.126 e. The van der Waals surface area contributed by atoms with Gasteiger partial charge in [0, 0.05) is 18.1 Å². The van der Waals surface area contributed by atoms with Crippen LogP contribution in [0.15, 0.2) is 36.7 Å². The van der Waals surface area contributed by atoms with E-state index in [4.69, 9.17) is 11.6 Å². The van der Waals surface area contributed by atoms with Crippen LogP contribution >= 0.6 is 0 Å². The maximum absolute atomic E-state index is 13.6. The molecule has 0 fully saturated rings. The van der Waals surface area contributed by atoms with Crippen molar-refractivity contribution < 1.29 is 4.39 Å². The third-order valence-corrected chi connectivity index (χ3v) is 3.16. The number of rotatable bonds is 4. The van der Waals surface area contributed by atoms with E-state index >= 15 is 0 Å². The molecule has 0 amide bonds. The Morgan fingerprint density at radius 1 is 1.37 bits per heavy atom. The highest BCUT2D eigenvalue weighted by Gasteiger charge is 2.13. The molecule has 1 aromatic heterocycles. The zero-order valence-corrected chi connectivity index (χ0v) is 10.7. The number of nitrogen functional groups attached to an aromatic ring is 1. The van der Waals surface area contributed by atoms with E-state index < -0.39 is 0 Å². The van der Waals surface area contributed by atoms with Gasteiger partial charge in [-0.25, -0.2) is 4.39 Å². The number of aromatic nitrogens is 1. The fourth-order valence-corrected chi connectivity index (χ4v) is 1.93. The molecule has 5 N–H and O–H groups in total. The summed E-state index contributed by atoms with van der Waals surface area (Å²) >= 11 is 0. The number of nitrogens with one attached hydrogen (secondary N) is 1. The SMILES string of the molecule is Cc1ccc(C(Cc2cnccc2N)NN)cc1F. The Balaban J connectivity index is 2.25. The van der Waals surface area contributed by atoms with E-state index in [1.165, 1.54) is 6.07 Å². The molecule has 4 nitrogen and oxygen atoms in total. The molecule has 1 heterocycles. The van der Waals surface area contributed by atoms with Gasteiger partial charge in [-0.1, -0.05) is 12.1 Å². The van der Waals surface area contributed by atoms with Crippen molar-refractivity contribution in [2.24, 2.45) is 5.84 Å². The van der Waals surface area contributed by atoms with Gasteiger partial charge < -0.3 is 5.73 Å². The number of halogens is 1. The zero-order chi connectivity index (χ0) is 13.8. The summed E-state index contributed by atoms with van der Waals surface area (Å²) in [7, 11) is 0. The summed E-state index contributed by atoms with van der Waals surface area (Å²) in [6.07, 6.45) is 3.89. The third kappa shape index (κ3) is 3.07. The Morgan fingerprint density at radius 3 is 2.79 bits per heavy atom. The second-order valence-electron chi connectivity index (χ2n) is 4.51. The lowest BCUT2D eigenvalue weighted by atomic mass is 9.98. The molecule has 2 aromatic rings. The van der Waals surface area contributed by atoms with Crippen LogP contribution in [-0.2, 0) is 6.42 Å². The molecule has 0 radical (unpaired) electrons. The van der Waals surface area contributed by atoms with Gasteiger partial charge in [-0.15, -0.1) is 0 Å². The number of hydrazine groups is 1. The van der Waals surface area contributed by atoms with Crippen LogP contribution < -0.4 is 17.0 Å². The molecule has 1 unspecified atom stereocenters. The zero-order valence-electron chi connectivity index (χ0n) is 10.7. The first-order chi connectivity index (χ1) is 9.11. The highest BCUT2D eigenvalue weighted by atomic mass is 19.1. The fraction of sp³-hybridized carbons (Fsp3) is 0.214. The van der Waals surface area contributed by atoms with Crippen molar-refractivity contribution in [1.82, 2.24) is 10.4 Å². The normalized spacial score (nSPS) is 12.4. The van der Waals surface area contributed by atoms with Crippen LogP contribution in [0.4, 0.5) is 10.1 Å². The summed E-state index contributed by atoms with van der Waals surface area (Å²) < 4.78 is 13.6. The number of pyridine rings is 1. The minimum atomic E-state index is -0.239. The molecular formula is C14H17FN4. The molecule has 0 spiro atoms. The second-order valence-corrected chi connectivity index (χ2v) is 4.51. The number of nitrogens with two attached hydrogens (primary N) is 2. The molecule has 0 saturated carbocycles. The molecule has 0 bridgehead atoms. The van der Waals surface area contributed by atoms with Crippen molar-refractivity contribution in [3.63, 3.8) is 0 Å². The van der Waals surface area contributed by atoms with Crippen LogP contribution in [-0.4, -0.2) is 4.98 Å². The van der Waals surface area contributed by atoms with Crippen molar-refractivity contribution in [3.05, 3.63) is 59.2 Å². The Labute approximate surface area is 111 Å². The van der Waals surface area contributed by atoms with Gasteiger partial charge in [0.1, 0.15) is 5.82 Å². The molecule has 1 atom stereocenters. The minimum Gasteiger partial charge on any atom is -0.398 e. The first-order valence-electron chi connectivity index (χ1n) is 6.02. The molecule has 0 saturated heterocycles. The Kier molecular flexibility index (Phi) is 4.09. The van der Waals surface area contributed by atoms with Crippen molar-refractivity contribution in [3.8, 4) is 0 Å². The van der Waals surface area contributed by atoms with Gasteiger partial charge in [0.05, 0.1) is 6.04 Å². The number of benzene rings is 1. The molecule has 0 aliphatic heterocycles. The fourth-order valence-electron chi connectivity index (χ4n) is 1.93. The number of nitrogens with zero attached hydrogens (tertiary/aromatic N) is 1. The highest BCUT2D eigenvalue weighted by Crippen LogP contribution is 2.22. The molecule has 0 aliphatic rings. The lowest BCUT2D eigenvalue weighted by Crippen LogP contribution is -2.30. The van der Waals surface area contributed by atoms with Gasteiger partial charge in [-0.2, -0.15) is 0 Å². The number of hydrogen-bond acceptors (Lipinski definition) is 4. The van der Waals surface area contributed by atoms with Crippen molar-refractivity contribution >= 4 is 5.69 Å². The van der Waals surface area contributed by atoms with Crippen LogP contribution in [0, 0.1) is 12.7 Å². The highest BCUT2D eigenvalue weighted by molar-refractivity contribution is 5.45. The first-order valence-corrected chi connectivity index (χ1v) is 6.02. The molecule has 0 aliphatic carbocycles. The van der Waals surface area contributed by atoms with Gasteiger partial charge in [0.25, 0.3) is 0 Å². The quantitative estimate of drug-likeness (QED) is 0.579. The topological polar surface area (TPSA) is 77.0 Å². The molecule has 5 heteroatoms. The van der Waals surface area contributed by atoms with Crippen LogP contribution in [0.25, 0.3) is 0 Å². The van der Waals surface area contributed by atoms with Crippen molar-refractivity contribution in [2.45, 2.75) is 19.4 Å². The average Bonchev–Trinajstić information content (AvgIpc) is 2.41. The monoisotopic (exact) mass is 260 g/mol. The number of anilines is 1. The molecule has 19 heavy (non-hydrogen) atoms. The Hall–Kier alpha value is -1.98. The lowest BCUT2D eigenvalue weighted by Gasteiger charge is -2.17. The van der Waals surface area contributed by atoms with E-state index in [0.717, 1.165) is 11.1 Å². The standard InChI is InChI=1S/C14H17FN4/c1-9-2-3-10(6-12(9)15)14(19-17)7-11-8-18-5-4-13(11)16/h2-6,8,14,19H,7,17H2,1H3,(H2,16,18). The first kappa shape index (κ1) is 13.5. The number of hydrogen-bond donors (Lipinski definition) is 3. The van der Waals surface area contributed by atoms with Crippen LogP contribution in [0.5, 0.6) is 0 Å². The van der Waals surface area contributed by atoms with E-state index in [2.05, 4.69) is 10.4 Å². The predicted molar refractivity (Wildman–Crippen MR) is 73.6 cm³/mol. The van der Waals surface area contributed by atoms with E-state index in [1.54, 1.807) is 31.5 Å². The summed E-state index contributed by atoms with van der Waals surface area (Å²) in [6, 6.07) is 6.61. The Morgan fingerprint density at radius 2 is 2.16 bits per heavy atom. The van der Waals surface area contributed by atoms with E-state index in [0.29, 0.717) is 17.7 Å². The molecule has 100 valence electrons. The van der Waals surface area contributed by atoms with Gasteiger partial charge in [0.2, 0.25) is 0 Å². The molecule has 2 rings (SSSR count). The second kappa shape index (κ2) is 5.77. The predicted octanol–water partition coefficient (Wildman–Crippen LogP) is 1.86. The van der Waals surface area contributed by atoms with Gasteiger partial charge in [0.15, 0.2) is 0 Å².